The topological polar surface area (TPSA) is 109 Å². The molecule has 2 N–H and O–H groups in total. The van der Waals surface area contributed by atoms with Gasteiger partial charge in [0.2, 0.25) is 5.13 Å². The van der Waals surface area contributed by atoms with Crippen LogP contribution in [-0.4, -0.2) is 32.1 Å². The number of nitrogens with one attached hydrogen (secondary N) is 1. The molecule has 0 atom stereocenters. The molecular weight excluding hydrogens is 210 g/mol. The third-order valence-electron chi connectivity index (χ3n) is 1.15. The molecule has 74 valence electrons. The summed E-state index contributed by atoms with van der Waals surface area (Å²) in [6.45, 7) is 1.60. The molecule has 0 unspecified atom stereocenters. The van der Waals surface area contributed by atoms with E-state index in [1.54, 1.807) is 6.92 Å². The predicted octanol–water partition coefficient (Wildman–Crippen LogP) is -0.561. The van der Waals surface area contributed by atoms with Crippen molar-refractivity contribution in [2.45, 2.75) is 6.92 Å². The van der Waals surface area contributed by atoms with E-state index in [4.69, 9.17) is 5.11 Å². The molecule has 0 spiro atoms. The molecule has 0 bridgehead atoms. The fourth-order valence-electron chi connectivity index (χ4n) is 0.599. The summed E-state index contributed by atoms with van der Waals surface area (Å²) in [7, 11) is 0. The van der Waals surface area contributed by atoms with Crippen LogP contribution in [0.1, 0.15) is 5.82 Å². The average Bonchev–Trinajstić information content (AvgIpc) is 2.49. The van der Waals surface area contributed by atoms with Crippen LogP contribution >= 0.6 is 11.5 Å². The molecular formula is C6H5N3O4S. The standard InChI is InChI=1S/C6H5N3O4S/c1-2-7-6(14-9-2)8-4(11)3(10)5(12)13/h1H3,(H,12,13)(H,7,8,9,11). The Bertz CT molecular complexity index is 400. The van der Waals surface area contributed by atoms with Gasteiger partial charge in [0, 0.05) is 11.5 Å². The number of carbonyl (C=O) groups is 3. The lowest BCUT2D eigenvalue weighted by Crippen LogP contribution is -2.29. The number of amides is 1. The summed E-state index contributed by atoms with van der Waals surface area (Å²) in [6.07, 6.45) is 0. The molecule has 0 radical (unpaired) electrons. The molecule has 7 nitrogen and oxygen atoms in total. The Labute approximate surface area is 81.9 Å². The van der Waals surface area contributed by atoms with Crippen LogP contribution in [0.4, 0.5) is 5.13 Å². The number of aliphatic carboxylic acids is 1. The fraction of sp³-hybridized carbons (Fsp3) is 0.167. The highest BCUT2D eigenvalue weighted by molar-refractivity contribution is 7.10. The zero-order chi connectivity index (χ0) is 10.7. The highest BCUT2D eigenvalue weighted by atomic mass is 32.1. The molecule has 0 saturated carbocycles. The Kier molecular flexibility index (Phi) is 2.87. The lowest BCUT2D eigenvalue weighted by atomic mass is 10.4. The van der Waals surface area contributed by atoms with Gasteiger partial charge in [-0.2, -0.15) is 4.37 Å². The van der Waals surface area contributed by atoms with Gasteiger partial charge >= 0.3 is 17.7 Å². The van der Waals surface area contributed by atoms with Crippen LogP contribution in [-0.2, 0) is 14.4 Å². The summed E-state index contributed by atoms with van der Waals surface area (Å²) in [5.74, 6) is -4.12. The summed E-state index contributed by atoms with van der Waals surface area (Å²) >= 11 is 0.869. The number of carboxylic acids is 1. The van der Waals surface area contributed by atoms with Crippen molar-refractivity contribution in [2.75, 3.05) is 5.32 Å². The van der Waals surface area contributed by atoms with E-state index in [0.717, 1.165) is 11.5 Å². The molecule has 1 amide bonds. The van der Waals surface area contributed by atoms with E-state index >= 15 is 0 Å². The number of rotatable bonds is 3. The zero-order valence-corrected chi connectivity index (χ0v) is 7.79. The Morgan fingerprint density at radius 3 is 2.50 bits per heavy atom. The van der Waals surface area contributed by atoms with Crippen molar-refractivity contribution in [3.8, 4) is 0 Å². The third-order valence-corrected chi connectivity index (χ3v) is 1.87. The van der Waals surface area contributed by atoms with Gasteiger partial charge in [0.15, 0.2) is 0 Å². The molecule has 8 heteroatoms. The second-order valence-electron chi connectivity index (χ2n) is 2.24. The quantitative estimate of drug-likeness (QED) is 0.516. The van der Waals surface area contributed by atoms with Crippen molar-refractivity contribution < 1.29 is 19.5 Å². The second kappa shape index (κ2) is 3.92. The largest absolute Gasteiger partial charge is 0.475 e. The van der Waals surface area contributed by atoms with Gasteiger partial charge in [0.05, 0.1) is 0 Å². The smallest absolute Gasteiger partial charge is 0.382 e. The lowest BCUT2D eigenvalue weighted by Gasteiger charge is -1.94. The Balaban J connectivity index is 2.66. The maximum absolute atomic E-state index is 10.9. The molecule has 1 heterocycles. The monoisotopic (exact) mass is 215 g/mol. The van der Waals surface area contributed by atoms with Crippen molar-refractivity contribution in [3.05, 3.63) is 5.82 Å². The highest BCUT2D eigenvalue weighted by Crippen LogP contribution is 2.09. The van der Waals surface area contributed by atoms with Gasteiger partial charge < -0.3 is 5.11 Å². The number of ketones is 1. The summed E-state index contributed by atoms with van der Waals surface area (Å²) in [5.41, 5.74) is 0. The first-order chi connectivity index (χ1) is 6.50. The van der Waals surface area contributed by atoms with Crippen molar-refractivity contribution in [1.82, 2.24) is 9.36 Å². The van der Waals surface area contributed by atoms with E-state index in [2.05, 4.69) is 9.36 Å². The van der Waals surface area contributed by atoms with Gasteiger partial charge in [0.25, 0.3) is 0 Å². The molecule has 1 rings (SSSR count). The predicted molar refractivity (Wildman–Crippen MR) is 45.9 cm³/mol. The average molecular weight is 215 g/mol. The van der Waals surface area contributed by atoms with E-state index in [-0.39, 0.29) is 5.13 Å². The third kappa shape index (κ3) is 2.33. The number of aromatic nitrogens is 2. The zero-order valence-electron chi connectivity index (χ0n) is 6.97. The summed E-state index contributed by atoms with van der Waals surface area (Å²) < 4.78 is 3.73. The summed E-state index contributed by atoms with van der Waals surface area (Å²) in [5, 5.41) is 10.3. The minimum atomic E-state index is -1.80. The van der Waals surface area contributed by atoms with Gasteiger partial charge in [-0.1, -0.05) is 0 Å². The van der Waals surface area contributed by atoms with Gasteiger partial charge in [-0.3, -0.25) is 14.9 Å². The van der Waals surface area contributed by atoms with Crippen molar-refractivity contribution >= 4 is 34.3 Å². The number of anilines is 1. The molecule has 0 aliphatic rings. The molecule has 0 aliphatic heterocycles. The Morgan fingerprint density at radius 2 is 2.07 bits per heavy atom. The van der Waals surface area contributed by atoms with Crippen molar-refractivity contribution in [3.63, 3.8) is 0 Å². The lowest BCUT2D eigenvalue weighted by molar-refractivity contribution is -0.152. The van der Waals surface area contributed by atoms with Gasteiger partial charge in [0.1, 0.15) is 5.82 Å². The van der Waals surface area contributed by atoms with E-state index in [1.807, 2.05) is 5.32 Å². The van der Waals surface area contributed by atoms with Crippen LogP contribution in [0, 0.1) is 6.92 Å². The first-order valence-corrected chi connectivity index (χ1v) is 4.17. The maximum atomic E-state index is 10.9. The summed E-state index contributed by atoms with van der Waals surface area (Å²) in [6, 6.07) is 0. The number of carboxylic acid groups (broad SMARTS) is 1. The maximum Gasteiger partial charge on any atom is 0.382 e. The van der Waals surface area contributed by atoms with Gasteiger partial charge in [-0.25, -0.2) is 9.78 Å². The summed E-state index contributed by atoms with van der Waals surface area (Å²) in [4.78, 5) is 35.3. The molecule has 0 saturated heterocycles. The Hall–Kier alpha value is -1.83. The number of nitrogens with zero attached hydrogens (tertiary/aromatic N) is 2. The highest BCUT2D eigenvalue weighted by Gasteiger charge is 2.22. The van der Waals surface area contributed by atoms with Crippen LogP contribution in [0.15, 0.2) is 0 Å². The Morgan fingerprint density at radius 1 is 1.43 bits per heavy atom. The molecule has 14 heavy (non-hydrogen) atoms. The number of hydrogen-bond donors (Lipinski definition) is 2. The van der Waals surface area contributed by atoms with Crippen LogP contribution in [0.5, 0.6) is 0 Å². The first-order valence-electron chi connectivity index (χ1n) is 3.39. The molecule has 0 fully saturated rings. The van der Waals surface area contributed by atoms with E-state index in [9.17, 15) is 14.4 Å². The minimum Gasteiger partial charge on any atom is -0.475 e. The molecule has 1 aromatic rings. The van der Waals surface area contributed by atoms with Crippen molar-refractivity contribution in [2.24, 2.45) is 0 Å². The van der Waals surface area contributed by atoms with Crippen LogP contribution in [0.25, 0.3) is 0 Å². The number of hydrogen-bond acceptors (Lipinski definition) is 6. The van der Waals surface area contributed by atoms with Crippen LogP contribution in [0.3, 0.4) is 0 Å². The second-order valence-corrected chi connectivity index (χ2v) is 2.99. The number of carbonyl (C=O) groups excluding carboxylic acids is 2. The van der Waals surface area contributed by atoms with Crippen molar-refractivity contribution in [1.29, 1.82) is 0 Å². The fourth-order valence-corrected chi connectivity index (χ4v) is 1.17. The van der Waals surface area contributed by atoms with Crippen LogP contribution in [0.2, 0.25) is 0 Å². The molecule has 0 aliphatic carbocycles. The van der Waals surface area contributed by atoms with Gasteiger partial charge in [-0.15, -0.1) is 0 Å². The van der Waals surface area contributed by atoms with Crippen LogP contribution < -0.4 is 5.32 Å². The van der Waals surface area contributed by atoms with E-state index < -0.39 is 17.7 Å². The molecule has 0 aromatic carbocycles. The first kappa shape index (κ1) is 10.3. The number of aryl methyl sites for hydroxylation is 1. The van der Waals surface area contributed by atoms with E-state index in [1.165, 1.54) is 0 Å². The SMILES string of the molecule is Cc1nsc(NC(=O)C(=O)C(=O)O)n1. The number of Topliss-reactive ketones (excluding diaryl/α,β-unsaturated/α-hetero) is 1. The van der Waals surface area contributed by atoms with Gasteiger partial charge in [-0.05, 0) is 6.92 Å². The van der Waals surface area contributed by atoms with E-state index in [0.29, 0.717) is 5.82 Å². The normalized spacial score (nSPS) is 9.50. The molecule has 1 aromatic heterocycles. The minimum absolute atomic E-state index is 0.0992.